The summed E-state index contributed by atoms with van der Waals surface area (Å²) in [5, 5.41) is 13.0. The van der Waals surface area contributed by atoms with Crippen molar-refractivity contribution in [1.29, 1.82) is 0 Å². The van der Waals surface area contributed by atoms with E-state index in [1.807, 2.05) is 0 Å². The number of nitrogens with one attached hydrogen (secondary N) is 1. The molecule has 0 saturated carbocycles. The average Bonchev–Trinajstić information content (AvgIpc) is 2.89. The number of aromatic nitrogens is 1. The molecule has 1 aliphatic carbocycles. The van der Waals surface area contributed by atoms with E-state index in [0.717, 1.165) is 17.7 Å². The van der Waals surface area contributed by atoms with Crippen molar-refractivity contribution in [1.82, 2.24) is 4.98 Å². The molecule has 2 N–H and O–H groups in total. The first-order valence-electron chi connectivity index (χ1n) is 6.84. The summed E-state index contributed by atoms with van der Waals surface area (Å²) >= 11 is 7.14. The highest BCUT2D eigenvalue weighted by molar-refractivity contribution is 7.15. The Labute approximate surface area is 136 Å². The Hall–Kier alpha value is -1.92. The van der Waals surface area contributed by atoms with Crippen LogP contribution >= 0.6 is 22.9 Å². The van der Waals surface area contributed by atoms with Gasteiger partial charge in [0.15, 0.2) is 5.13 Å². The topological polar surface area (TPSA) is 79.3 Å². The first-order valence-corrected chi connectivity index (χ1v) is 8.03. The van der Waals surface area contributed by atoms with Gasteiger partial charge < -0.3 is 5.11 Å². The number of halogens is 1. The van der Waals surface area contributed by atoms with Gasteiger partial charge in [0.2, 0.25) is 0 Å². The number of carboxylic acid groups (broad SMARTS) is 1. The van der Waals surface area contributed by atoms with Gasteiger partial charge in [-0.05, 0) is 43.5 Å². The molecule has 1 heterocycles. The van der Waals surface area contributed by atoms with Gasteiger partial charge in [0.25, 0.3) is 5.91 Å². The highest BCUT2D eigenvalue weighted by Gasteiger charge is 2.30. The van der Waals surface area contributed by atoms with E-state index >= 15 is 0 Å². The molecule has 1 aromatic carbocycles. The molecule has 7 heteroatoms. The third kappa shape index (κ3) is 2.98. The van der Waals surface area contributed by atoms with Crippen molar-refractivity contribution >= 4 is 39.9 Å². The van der Waals surface area contributed by atoms with Crippen molar-refractivity contribution in [2.75, 3.05) is 5.32 Å². The second-order valence-corrected chi connectivity index (χ2v) is 6.59. The van der Waals surface area contributed by atoms with Crippen molar-refractivity contribution in [2.24, 2.45) is 0 Å². The minimum Gasteiger partial charge on any atom is -0.481 e. The number of rotatable bonds is 3. The zero-order chi connectivity index (χ0) is 15.7. The number of hydrogen-bond donors (Lipinski definition) is 2. The van der Waals surface area contributed by atoms with Gasteiger partial charge in [-0.1, -0.05) is 11.6 Å². The second kappa shape index (κ2) is 6.06. The van der Waals surface area contributed by atoms with E-state index in [1.54, 1.807) is 24.3 Å². The number of benzene rings is 1. The highest BCUT2D eigenvalue weighted by Crippen LogP contribution is 2.36. The molecule has 1 amide bonds. The molecule has 0 saturated heterocycles. The first-order chi connectivity index (χ1) is 10.5. The number of anilines is 1. The maximum Gasteiger partial charge on any atom is 0.312 e. The van der Waals surface area contributed by atoms with Crippen molar-refractivity contribution < 1.29 is 14.7 Å². The molecule has 114 valence electrons. The molecule has 1 aliphatic rings. The maximum atomic E-state index is 12.1. The van der Waals surface area contributed by atoms with E-state index in [1.165, 1.54) is 11.3 Å². The summed E-state index contributed by atoms with van der Waals surface area (Å²) in [5.74, 6) is -1.71. The van der Waals surface area contributed by atoms with Crippen molar-refractivity contribution in [3.63, 3.8) is 0 Å². The fourth-order valence-corrected chi connectivity index (χ4v) is 3.67. The van der Waals surface area contributed by atoms with Crippen molar-refractivity contribution in [3.05, 3.63) is 45.4 Å². The molecule has 0 aliphatic heterocycles. The Bertz CT molecular complexity index is 727. The van der Waals surface area contributed by atoms with Crippen LogP contribution in [0.4, 0.5) is 5.13 Å². The SMILES string of the molecule is O=C(Nc1nc2c(s1)CCCC2C(=O)O)c1ccc(Cl)cc1. The fraction of sp³-hybridized carbons (Fsp3) is 0.267. The molecular formula is C15H13ClN2O3S. The van der Waals surface area contributed by atoms with Gasteiger partial charge in [0.05, 0.1) is 5.69 Å². The number of carbonyl (C=O) groups is 2. The minimum absolute atomic E-state index is 0.283. The van der Waals surface area contributed by atoms with E-state index in [0.29, 0.717) is 27.8 Å². The number of nitrogens with zero attached hydrogens (tertiary/aromatic N) is 1. The van der Waals surface area contributed by atoms with Gasteiger partial charge in [-0.15, -0.1) is 11.3 Å². The van der Waals surface area contributed by atoms with Crippen LogP contribution in [-0.2, 0) is 11.2 Å². The van der Waals surface area contributed by atoms with Gasteiger partial charge >= 0.3 is 5.97 Å². The lowest BCUT2D eigenvalue weighted by molar-refractivity contribution is -0.139. The summed E-state index contributed by atoms with van der Waals surface area (Å²) in [4.78, 5) is 28.7. The Morgan fingerprint density at radius 3 is 2.73 bits per heavy atom. The molecule has 0 bridgehead atoms. The van der Waals surface area contributed by atoms with Crippen LogP contribution in [0, 0.1) is 0 Å². The molecule has 1 unspecified atom stereocenters. The van der Waals surface area contributed by atoms with E-state index in [2.05, 4.69) is 10.3 Å². The molecule has 1 aromatic heterocycles. The van der Waals surface area contributed by atoms with Gasteiger partial charge in [-0.25, -0.2) is 4.98 Å². The van der Waals surface area contributed by atoms with Crippen molar-refractivity contribution in [2.45, 2.75) is 25.2 Å². The number of fused-ring (bicyclic) bond motifs is 1. The Morgan fingerprint density at radius 1 is 1.32 bits per heavy atom. The lowest BCUT2D eigenvalue weighted by Crippen LogP contribution is -2.17. The molecule has 5 nitrogen and oxygen atoms in total. The van der Waals surface area contributed by atoms with Gasteiger partial charge in [0.1, 0.15) is 5.92 Å². The van der Waals surface area contributed by atoms with Gasteiger partial charge in [0, 0.05) is 15.5 Å². The predicted octanol–water partition coefficient (Wildman–Crippen LogP) is 3.55. The normalized spacial score (nSPS) is 16.9. The molecule has 2 aromatic rings. The Kier molecular flexibility index (Phi) is 4.13. The highest BCUT2D eigenvalue weighted by atomic mass is 35.5. The van der Waals surface area contributed by atoms with Crippen LogP contribution in [0.5, 0.6) is 0 Å². The van der Waals surface area contributed by atoms with Crippen LogP contribution in [0.2, 0.25) is 5.02 Å². The number of hydrogen-bond acceptors (Lipinski definition) is 4. The summed E-state index contributed by atoms with van der Waals surface area (Å²) in [6, 6.07) is 6.55. The quantitative estimate of drug-likeness (QED) is 0.898. The van der Waals surface area contributed by atoms with E-state index in [4.69, 9.17) is 11.6 Å². The van der Waals surface area contributed by atoms with E-state index < -0.39 is 11.9 Å². The monoisotopic (exact) mass is 336 g/mol. The van der Waals surface area contributed by atoms with Crippen LogP contribution in [-0.4, -0.2) is 22.0 Å². The summed E-state index contributed by atoms with van der Waals surface area (Å²) in [5.41, 5.74) is 1.07. The molecule has 0 spiro atoms. The van der Waals surface area contributed by atoms with Crippen LogP contribution in [0.1, 0.15) is 39.7 Å². The molecule has 3 rings (SSSR count). The Morgan fingerprint density at radius 2 is 2.05 bits per heavy atom. The summed E-state index contributed by atoms with van der Waals surface area (Å²) in [7, 11) is 0. The zero-order valence-electron chi connectivity index (χ0n) is 11.5. The predicted molar refractivity (Wildman–Crippen MR) is 84.8 cm³/mol. The molecule has 0 radical (unpaired) electrons. The zero-order valence-corrected chi connectivity index (χ0v) is 13.1. The summed E-state index contributed by atoms with van der Waals surface area (Å²) in [6.45, 7) is 0. The van der Waals surface area contributed by atoms with E-state index in [-0.39, 0.29) is 5.91 Å². The fourth-order valence-electron chi connectivity index (χ4n) is 2.48. The lowest BCUT2D eigenvalue weighted by atomic mass is 9.91. The molecule has 22 heavy (non-hydrogen) atoms. The standard InChI is InChI=1S/C15H13ClN2O3S/c16-9-6-4-8(5-7-9)13(19)18-15-17-12-10(14(20)21)2-1-3-11(12)22-15/h4-7,10H,1-3H2,(H,20,21)(H,17,18,19). The van der Waals surface area contributed by atoms with Crippen LogP contribution < -0.4 is 5.32 Å². The maximum absolute atomic E-state index is 12.1. The number of amides is 1. The largest absolute Gasteiger partial charge is 0.481 e. The lowest BCUT2D eigenvalue weighted by Gasteiger charge is -2.16. The van der Waals surface area contributed by atoms with Crippen molar-refractivity contribution in [3.8, 4) is 0 Å². The van der Waals surface area contributed by atoms with E-state index in [9.17, 15) is 14.7 Å². The van der Waals surface area contributed by atoms with Crippen LogP contribution in [0.25, 0.3) is 0 Å². The molecule has 0 fully saturated rings. The second-order valence-electron chi connectivity index (χ2n) is 5.07. The number of thiazole rings is 1. The average molecular weight is 337 g/mol. The number of aliphatic carboxylic acids is 1. The minimum atomic E-state index is -0.859. The van der Waals surface area contributed by atoms with Crippen LogP contribution in [0.3, 0.4) is 0 Å². The molecular weight excluding hydrogens is 324 g/mol. The van der Waals surface area contributed by atoms with Crippen LogP contribution in [0.15, 0.2) is 24.3 Å². The van der Waals surface area contributed by atoms with Gasteiger partial charge in [-0.2, -0.15) is 0 Å². The summed E-state index contributed by atoms with van der Waals surface area (Å²) < 4.78 is 0. The number of aryl methyl sites for hydroxylation is 1. The third-order valence-corrected chi connectivity index (χ3v) is 4.88. The first kappa shape index (κ1) is 15.0. The molecule has 1 atom stereocenters. The third-order valence-electron chi connectivity index (χ3n) is 3.58. The Balaban J connectivity index is 1.80. The number of carbonyl (C=O) groups excluding carboxylic acids is 1. The number of carboxylic acids is 1. The summed E-state index contributed by atoms with van der Waals surface area (Å²) in [6.07, 6.45) is 2.24. The van der Waals surface area contributed by atoms with Gasteiger partial charge in [-0.3, -0.25) is 14.9 Å². The smallest absolute Gasteiger partial charge is 0.312 e.